The number of aliphatic imine (C=N–C) groups is 1. The van der Waals surface area contributed by atoms with Gasteiger partial charge in [-0.05, 0) is 19.7 Å². The van der Waals surface area contributed by atoms with Crippen LogP contribution in [0.5, 0.6) is 11.5 Å². The minimum atomic E-state index is 0.0740. The zero-order valence-electron chi connectivity index (χ0n) is 14.3. The molecule has 0 unspecified atom stereocenters. The minimum absolute atomic E-state index is 0.0740. The van der Waals surface area contributed by atoms with E-state index in [-0.39, 0.29) is 12.5 Å². The summed E-state index contributed by atoms with van der Waals surface area (Å²) in [4.78, 5) is 17.9. The van der Waals surface area contributed by atoms with Crippen molar-refractivity contribution in [2.45, 2.75) is 13.3 Å². The van der Waals surface area contributed by atoms with Crippen molar-refractivity contribution in [3.63, 3.8) is 0 Å². The Labute approximate surface area is 142 Å². The van der Waals surface area contributed by atoms with Crippen LogP contribution in [0.4, 0.5) is 5.69 Å². The fraction of sp³-hybridized carbons (Fsp3) is 0.444. The highest BCUT2D eigenvalue weighted by Gasteiger charge is 2.17. The molecule has 1 heterocycles. The first kappa shape index (κ1) is 18.0. The van der Waals surface area contributed by atoms with Gasteiger partial charge in [0.15, 0.2) is 11.5 Å². The van der Waals surface area contributed by atoms with Crippen molar-refractivity contribution in [1.29, 1.82) is 0 Å². The Kier molecular flexibility index (Phi) is 6.81. The number of benzene rings is 1. The molecule has 1 aliphatic heterocycles. The molecule has 0 bridgehead atoms. The number of amides is 1. The number of rotatable bonds is 7. The Morgan fingerprint density at radius 3 is 2.75 bits per heavy atom. The van der Waals surface area contributed by atoms with Gasteiger partial charge in [-0.1, -0.05) is 12.2 Å². The number of ether oxygens (including phenoxy) is 3. The average molecular weight is 332 g/mol. The Bertz CT molecular complexity index is 607. The molecule has 1 amide bonds. The van der Waals surface area contributed by atoms with Crippen LogP contribution >= 0.6 is 0 Å². The summed E-state index contributed by atoms with van der Waals surface area (Å²) >= 11 is 0. The van der Waals surface area contributed by atoms with Gasteiger partial charge in [0.05, 0.1) is 39.0 Å². The van der Waals surface area contributed by atoms with E-state index in [1.165, 1.54) is 0 Å². The monoisotopic (exact) mass is 332 g/mol. The largest absolute Gasteiger partial charge is 0.493 e. The van der Waals surface area contributed by atoms with Gasteiger partial charge in [-0.25, -0.2) is 0 Å². The molecule has 1 aliphatic rings. The Balaban J connectivity index is 2.00. The standard InChI is InChI=1S/C18H24N2O4/c1-4-5-14-12-16(22-3)17(13-15(14)19-2)24-9-6-18(21)20-7-10-23-11-8-20/h4-5,12-13H,2,6-11H2,1,3H3. The first-order chi connectivity index (χ1) is 11.7. The van der Waals surface area contributed by atoms with Gasteiger partial charge < -0.3 is 19.1 Å². The number of carbonyl (C=O) groups excluding carboxylic acids is 1. The molecule has 130 valence electrons. The normalized spacial score (nSPS) is 14.7. The van der Waals surface area contributed by atoms with Crippen LogP contribution in [0.25, 0.3) is 6.08 Å². The van der Waals surface area contributed by atoms with Crippen molar-refractivity contribution < 1.29 is 19.0 Å². The van der Waals surface area contributed by atoms with Crippen molar-refractivity contribution >= 4 is 24.4 Å². The van der Waals surface area contributed by atoms with Crippen LogP contribution < -0.4 is 9.47 Å². The molecule has 2 rings (SSSR count). The van der Waals surface area contributed by atoms with Gasteiger partial charge in [0.25, 0.3) is 0 Å². The van der Waals surface area contributed by atoms with Crippen molar-refractivity contribution in [1.82, 2.24) is 4.90 Å². The predicted octanol–water partition coefficient (Wildman–Crippen LogP) is 2.69. The smallest absolute Gasteiger partial charge is 0.226 e. The van der Waals surface area contributed by atoms with Crippen LogP contribution in [0.1, 0.15) is 18.9 Å². The molecule has 0 saturated carbocycles. The van der Waals surface area contributed by atoms with E-state index in [0.29, 0.717) is 49.9 Å². The number of methoxy groups -OCH3 is 1. The van der Waals surface area contributed by atoms with E-state index in [1.807, 2.05) is 25.1 Å². The summed E-state index contributed by atoms with van der Waals surface area (Å²) in [5.74, 6) is 1.24. The molecule has 1 saturated heterocycles. The molecule has 6 heteroatoms. The van der Waals surface area contributed by atoms with Gasteiger partial charge in [0, 0.05) is 24.7 Å². The molecule has 0 N–H and O–H groups in total. The summed E-state index contributed by atoms with van der Waals surface area (Å²) < 4.78 is 16.4. The van der Waals surface area contributed by atoms with Gasteiger partial charge in [-0.3, -0.25) is 9.79 Å². The van der Waals surface area contributed by atoms with E-state index in [2.05, 4.69) is 11.7 Å². The summed E-state index contributed by atoms with van der Waals surface area (Å²) in [5, 5.41) is 0. The Hall–Kier alpha value is -2.34. The lowest BCUT2D eigenvalue weighted by molar-refractivity contribution is -0.135. The summed E-state index contributed by atoms with van der Waals surface area (Å²) in [6.07, 6.45) is 4.17. The van der Waals surface area contributed by atoms with Gasteiger partial charge in [-0.2, -0.15) is 0 Å². The first-order valence-corrected chi connectivity index (χ1v) is 7.99. The molecule has 0 radical (unpaired) electrons. The van der Waals surface area contributed by atoms with Crippen LogP contribution in [-0.2, 0) is 9.53 Å². The third-order valence-electron chi connectivity index (χ3n) is 3.77. The van der Waals surface area contributed by atoms with E-state index < -0.39 is 0 Å². The molecule has 0 aliphatic carbocycles. The maximum Gasteiger partial charge on any atom is 0.226 e. The lowest BCUT2D eigenvalue weighted by Gasteiger charge is -2.26. The lowest BCUT2D eigenvalue weighted by Crippen LogP contribution is -2.41. The molecular weight excluding hydrogens is 308 g/mol. The second-order valence-electron chi connectivity index (χ2n) is 5.31. The number of hydrogen-bond donors (Lipinski definition) is 0. The highest BCUT2D eigenvalue weighted by Crippen LogP contribution is 2.35. The minimum Gasteiger partial charge on any atom is -0.493 e. The van der Waals surface area contributed by atoms with E-state index in [4.69, 9.17) is 14.2 Å². The predicted molar refractivity (Wildman–Crippen MR) is 94.4 cm³/mol. The van der Waals surface area contributed by atoms with E-state index in [1.54, 1.807) is 18.1 Å². The van der Waals surface area contributed by atoms with Crippen molar-refractivity contribution in [3.05, 3.63) is 23.8 Å². The SMILES string of the molecule is C=Nc1cc(OCCC(=O)N2CCOCC2)c(OC)cc1C=CC. The summed E-state index contributed by atoms with van der Waals surface area (Å²) in [6, 6.07) is 3.63. The third kappa shape index (κ3) is 4.58. The Morgan fingerprint density at radius 2 is 2.12 bits per heavy atom. The molecule has 1 fully saturated rings. The van der Waals surface area contributed by atoms with Crippen LogP contribution in [-0.4, -0.2) is 57.5 Å². The van der Waals surface area contributed by atoms with E-state index >= 15 is 0 Å². The molecule has 1 aromatic rings. The molecule has 6 nitrogen and oxygen atoms in total. The number of hydrogen-bond acceptors (Lipinski definition) is 5. The summed E-state index contributed by atoms with van der Waals surface area (Å²) in [5.41, 5.74) is 1.62. The summed E-state index contributed by atoms with van der Waals surface area (Å²) in [7, 11) is 1.58. The second kappa shape index (κ2) is 9.08. The molecule has 24 heavy (non-hydrogen) atoms. The molecule has 0 spiro atoms. The topological polar surface area (TPSA) is 60.4 Å². The molecular formula is C18H24N2O4. The molecule has 0 atom stereocenters. The second-order valence-corrected chi connectivity index (χ2v) is 5.31. The summed E-state index contributed by atoms with van der Waals surface area (Å²) in [6.45, 7) is 8.29. The number of carbonyl (C=O) groups is 1. The fourth-order valence-corrected chi connectivity index (χ4v) is 2.51. The maximum absolute atomic E-state index is 12.1. The lowest BCUT2D eigenvalue weighted by atomic mass is 10.1. The number of allylic oxidation sites excluding steroid dienone is 1. The van der Waals surface area contributed by atoms with Crippen molar-refractivity contribution in [2.24, 2.45) is 4.99 Å². The van der Waals surface area contributed by atoms with Gasteiger partial charge in [0.2, 0.25) is 5.91 Å². The zero-order valence-corrected chi connectivity index (χ0v) is 14.3. The van der Waals surface area contributed by atoms with Crippen LogP contribution in [0, 0.1) is 0 Å². The Morgan fingerprint density at radius 1 is 1.38 bits per heavy atom. The van der Waals surface area contributed by atoms with Gasteiger partial charge in [-0.15, -0.1) is 0 Å². The first-order valence-electron chi connectivity index (χ1n) is 7.99. The van der Waals surface area contributed by atoms with Gasteiger partial charge >= 0.3 is 0 Å². The van der Waals surface area contributed by atoms with Crippen molar-refractivity contribution in [2.75, 3.05) is 40.0 Å². The van der Waals surface area contributed by atoms with Crippen LogP contribution in [0.15, 0.2) is 23.2 Å². The highest BCUT2D eigenvalue weighted by molar-refractivity contribution is 5.76. The average Bonchev–Trinajstić information content (AvgIpc) is 2.63. The van der Waals surface area contributed by atoms with E-state index in [0.717, 1.165) is 5.56 Å². The maximum atomic E-state index is 12.1. The van der Waals surface area contributed by atoms with E-state index in [9.17, 15) is 4.79 Å². The van der Waals surface area contributed by atoms with Crippen LogP contribution in [0.2, 0.25) is 0 Å². The van der Waals surface area contributed by atoms with Crippen LogP contribution in [0.3, 0.4) is 0 Å². The zero-order chi connectivity index (χ0) is 17.4. The number of morpholine rings is 1. The fourth-order valence-electron chi connectivity index (χ4n) is 2.51. The quantitative estimate of drug-likeness (QED) is 0.720. The highest BCUT2D eigenvalue weighted by atomic mass is 16.5. The third-order valence-corrected chi connectivity index (χ3v) is 3.77. The molecule has 0 aromatic heterocycles. The molecule has 1 aromatic carbocycles. The van der Waals surface area contributed by atoms with Crippen molar-refractivity contribution in [3.8, 4) is 11.5 Å². The number of nitrogens with zero attached hydrogens (tertiary/aromatic N) is 2. The van der Waals surface area contributed by atoms with Gasteiger partial charge in [0.1, 0.15) is 0 Å².